The smallest absolute Gasteiger partial charge is 0.129 e. The molecule has 5 heteroatoms. The fourth-order valence-corrected chi connectivity index (χ4v) is 3.22. The average Bonchev–Trinajstić information content (AvgIpc) is 2.40. The molecule has 0 aliphatic heterocycles. The predicted molar refractivity (Wildman–Crippen MR) is 88.8 cm³/mol. The summed E-state index contributed by atoms with van der Waals surface area (Å²) >= 11 is 13.2. The standard InChI is InChI=1S/C15H13Br2ClFN/c1-2-20-15(10-8-9(16)6-7-11(10)17)14-12(18)4-3-5-13(14)19/h3-8,15,20H,2H2,1H3. The quantitative estimate of drug-likeness (QED) is 0.667. The van der Waals surface area contributed by atoms with Crippen LogP contribution in [0.25, 0.3) is 0 Å². The summed E-state index contributed by atoms with van der Waals surface area (Å²) in [5, 5.41) is 3.71. The van der Waals surface area contributed by atoms with Crippen LogP contribution in [-0.2, 0) is 0 Å². The summed E-state index contributed by atoms with van der Waals surface area (Å²) in [5.41, 5.74) is 1.41. The van der Waals surface area contributed by atoms with Gasteiger partial charge in [0.2, 0.25) is 0 Å². The van der Waals surface area contributed by atoms with E-state index in [9.17, 15) is 4.39 Å². The van der Waals surface area contributed by atoms with Gasteiger partial charge in [-0.1, -0.05) is 56.5 Å². The van der Waals surface area contributed by atoms with Crippen LogP contribution < -0.4 is 5.32 Å². The highest BCUT2D eigenvalue weighted by molar-refractivity contribution is 9.11. The Bertz CT molecular complexity index is 599. The molecule has 1 nitrogen and oxygen atoms in total. The van der Waals surface area contributed by atoms with E-state index >= 15 is 0 Å². The molecule has 0 radical (unpaired) electrons. The van der Waals surface area contributed by atoms with Crippen LogP contribution in [0.3, 0.4) is 0 Å². The Labute approximate surface area is 139 Å². The zero-order valence-corrected chi connectivity index (χ0v) is 14.7. The molecule has 0 aromatic heterocycles. The fraction of sp³-hybridized carbons (Fsp3) is 0.200. The van der Waals surface area contributed by atoms with E-state index < -0.39 is 0 Å². The normalized spacial score (nSPS) is 12.4. The molecular formula is C15H13Br2ClFN. The van der Waals surface area contributed by atoms with E-state index in [1.54, 1.807) is 12.1 Å². The van der Waals surface area contributed by atoms with Gasteiger partial charge in [0, 0.05) is 19.5 Å². The van der Waals surface area contributed by atoms with Crippen LogP contribution >= 0.6 is 43.5 Å². The van der Waals surface area contributed by atoms with E-state index in [0.717, 1.165) is 14.5 Å². The third kappa shape index (κ3) is 3.42. The van der Waals surface area contributed by atoms with Gasteiger partial charge in [-0.25, -0.2) is 4.39 Å². The molecule has 20 heavy (non-hydrogen) atoms. The van der Waals surface area contributed by atoms with Crippen LogP contribution in [0.5, 0.6) is 0 Å². The molecule has 0 aliphatic carbocycles. The third-order valence-corrected chi connectivity index (χ3v) is 4.51. The van der Waals surface area contributed by atoms with Gasteiger partial charge in [-0.15, -0.1) is 0 Å². The van der Waals surface area contributed by atoms with Gasteiger partial charge in [0.15, 0.2) is 0 Å². The minimum Gasteiger partial charge on any atom is -0.306 e. The molecule has 1 N–H and O–H groups in total. The van der Waals surface area contributed by atoms with Crippen molar-refractivity contribution in [1.29, 1.82) is 0 Å². The molecule has 2 rings (SSSR count). The molecule has 0 amide bonds. The Kier molecular flexibility index (Phi) is 5.61. The lowest BCUT2D eigenvalue weighted by molar-refractivity contribution is 0.558. The van der Waals surface area contributed by atoms with Crippen molar-refractivity contribution in [3.8, 4) is 0 Å². The van der Waals surface area contributed by atoms with Crippen LogP contribution in [0.15, 0.2) is 45.3 Å². The van der Waals surface area contributed by atoms with Crippen molar-refractivity contribution in [3.05, 3.63) is 67.3 Å². The van der Waals surface area contributed by atoms with E-state index in [2.05, 4.69) is 37.2 Å². The number of rotatable bonds is 4. The lowest BCUT2D eigenvalue weighted by Crippen LogP contribution is -2.23. The third-order valence-electron chi connectivity index (χ3n) is 2.97. The fourth-order valence-electron chi connectivity index (χ4n) is 2.09. The highest BCUT2D eigenvalue weighted by atomic mass is 79.9. The lowest BCUT2D eigenvalue weighted by atomic mass is 9.98. The second-order valence-corrected chi connectivity index (χ2v) is 6.47. The molecule has 106 valence electrons. The van der Waals surface area contributed by atoms with Crippen molar-refractivity contribution in [3.63, 3.8) is 0 Å². The number of benzene rings is 2. The number of nitrogens with one attached hydrogen (secondary N) is 1. The predicted octanol–water partition coefficient (Wildman–Crippen LogP) is 5.70. The maximum Gasteiger partial charge on any atom is 0.129 e. The molecule has 0 bridgehead atoms. The Morgan fingerprint density at radius 2 is 2.00 bits per heavy atom. The summed E-state index contributed by atoms with van der Waals surface area (Å²) in [7, 11) is 0. The van der Waals surface area contributed by atoms with Gasteiger partial charge in [0.05, 0.1) is 6.04 Å². The van der Waals surface area contributed by atoms with E-state index in [4.69, 9.17) is 11.6 Å². The summed E-state index contributed by atoms with van der Waals surface area (Å²) < 4.78 is 16.0. The summed E-state index contributed by atoms with van der Waals surface area (Å²) in [4.78, 5) is 0. The molecule has 1 atom stereocenters. The molecule has 0 saturated carbocycles. The van der Waals surface area contributed by atoms with Crippen molar-refractivity contribution in [1.82, 2.24) is 5.32 Å². The number of halogens is 4. The maximum absolute atomic E-state index is 14.2. The minimum atomic E-state index is -0.310. The molecule has 0 heterocycles. The van der Waals surface area contributed by atoms with Crippen LogP contribution in [-0.4, -0.2) is 6.54 Å². The summed E-state index contributed by atoms with van der Waals surface area (Å²) in [6.07, 6.45) is 0. The molecule has 2 aromatic carbocycles. The largest absolute Gasteiger partial charge is 0.306 e. The van der Waals surface area contributed by atoms with Crippen LogP contribution in [0.2, 0.25) is 5.02 Å². The van der Waals surface area contributed by atoms with E-state index in [1.807, 2.05) is 25.1 Å². The zero-order valence-electron chi connectivity index (χ0n) is 10.8. The number of hydrogen-bond donors (Lipinski definition) is 1. The van der Waals surface area contributed by atoms with Gasteiger partial charge in [-0.05, 0) is 42.4 Å². The van der Waals surface area contributed by atoms with Crippen molar-refractivity contribution in [2.45, 2.75) is 13.0 Å². The molecular weight excluding hydrogens is 408 g/mol. The van der Waals surface area contributed by atoms with Gasteiger partial charge in [0.25, 0.3) is 0 Å². The van der Waals surface area contributed by atoms with E-state index in [1.165, 1.54) is 6.07 Å². The molecule has 1 unspecified atom stereocenters. The van der Waals surface area contributed by atoms with Gasteiger partial charge >= 0.3 is 0 Å². The van der Waals surface area contributed by atoms with Crippen molar-refractivity contribution in [2.24, 2.45) is 0 Å². The summed E-state index contributed by atoms with van der Waals surface area (Å²) in [6, 6.07) is 10.3. The first-order chi connectivity index (χ1) is 9.54. The first-order valence-electron chi connectivity index (χ1n) is 6.16. The minimum absolute atomic E-state index is 0.305. The SMILES string of the molecule is CCNC(c1cc(Br)ccc1Br)c1c(F)cccc1Cl. The van der Waals surface area contributed by atoms with Crippen molar-refractivity contribution >= 4 is 43.5 Å². The van der Waals surface area contributed by atoms with Crippen molar-refractivity contribution in [2.75, 3.05) is 6.54 Å². The van der Waals surface area contributed by atoms with Gasteiger partial charge in [-0.2, -0.15) is 0 Å². The first kappa shape index (κ1) is 16.0. The average molecular weight is 422 g/mol. The molecule has 0 saturated heterocycles. The van der Waals surface area contributed by atoms with E-state index in [0.29, 0.717) is 17.1 Å². The maximum atomic E-state index is 14.2. The van der Waals surface area contributed by atoms with Gasteiger partial charge in [0.1, 0.15) is 5.82 Å². The Morgan fingerprint density at radius 3 is 2.65 bits per heavy atom. The molecule has 0 spiro atoms. The molecule has 2 aromatic rings. The Balaban J connectivity index is 2.59. The monoisotopic (exact) mass is 419 g/mol. The van der Waals surface area contributed by atoms with Crippen LogP contribution in [0.4, 0.5) is 4.39 Å². The summed E-state index contributed by atoms with van der Waals surface area (Å²) in [6.45, 7) is 2.68. The van der Waals surface area contributed by atoms with Crippen LogP contribution in [0, 0.1) is 5.82 Å². The summed E-state index contributed by atoms with van der Waals surface area (Å²) in [5.74, 6) is -0.310. The number of hydrogen-bond acceptors (Lipinski definition) is 1. The second kappa shape index (κ2) is 7.03. The Hall–Kier alpha value is -0.420. The van der Waals surface area contributed by atoms with Gasteiger partial charge < -0.3 is 5.32 Å². The molecule has 0 fully saturated rings. The first-order valence-corrected chi connectivity index (χ1v) is 8.13. The highest BCUT2D eigenvalue weighted by Gasteiger charge is 2.22. The lowest BCUT2D eigenvalue weighted by Gasteiger charge is -2.22. The molecule has 0 aliphatic rings. The van der Waals surface area contributed by atoms with Crippen LogP contribution in [0.1, 0.15) is 24.1 Å². The zero-order chi connectivity index (χ0) is 14.7. The highest BCUT2D eigenvalue weighted by Crippen LogP contribution is 2.35. The van der Waals surface area contributed by atoms with Gasteiger partial charge in [-0.3, -0.25) is 0 Å². The second-order valence-electron chi connectivity index (χ2n) is 4.29. The van der Waals surface area contributed by atoms with E-state index in [-0.39, 0.29) is 11.9 Å². The topological polar surface area (TPSA) is 12.0 Å². The Morgan fingerprint density at radius 1 is 1.25 bits per heavy atom. The van der Waals surface area contributed by atoms with Crippen molar-refractivity contribution < 1.29 is 4.39 Å².